The summed E-state index contributed by atoms with van der Waals surface area (Å²) in [6, 6.07) is 5.10. The van der Waals surface area contributed by atoms with Crippen LogP contribution >= 0.6 is 11.6 Å². The topological polar surface area (TPSA) is 66.4 Å². The van der Waals surface area contributed by atoms with E-state index in [1.165, 1.54) is 0 Å². The molecule has 4 nitrogen and oxygen atoms in total. The Hall–Kier alpha value is -1.55. The average Bonchev–Trinajstić information content (AvgIpc) is 2.25. The predicted molar refractivity (Wildman–Crippen MR) is 67.8 cm³/mol. The molecule has 0 radical (unpaired) electrons. The fraction of sp³-hybridized carbons (Fsp3) is 0.385. The van der Waals surface area contributed by atoms with Crippen LogP contribution in [0.4, 0.5) is 0 Å². The van der Waals surface area contributed by atoms with Crippen molar-refractivity contribution < 1.29 is 14.7 Å². The van der Waals surface area contributed by atoms with E-state index in [-0.39, 0.29) is 17.9 Å². The lowest BCUT2D eigenvalue weighted by Gasteiger charge is -2.32. The van der Waals surface area contributed by atoms with E-state index >= 15 is 0 Å². The maximum atomic E-state index is 12.0. The third-order valence-electron chi connectivity index (χ3n) is 3.27. The molecule has 18 heavy (non-hydrogen) atoms. The average molecular weight is 268 g/mol. The summed E-state index contributed by atoms with van der Waals surface area (Å²) >= 11 is 5.85. The molecule has 5 heteroatoms. The van der Waals surface area contributed by atoms with Gasteiger partial charge >= 0.3 is 5.97 Å². The van der Waals surface area contributed by atoms with Crippen LogP contribution in [0.3, 0.4) is 0 Å². The van der Waals surface area contributed by atoms with E-state index in [1.807, 2.05) is 6.92 Å². The summed E-state index contributed by atoms with van der Waals surface area (Å²) < 4.78 is 0. The highest BCUT2D eigenvalue weighted by Crippen LogP contribution is 2.28. The van der Waals surface area contributed by atoms with Crippen molar-refractivity contribution in [1.29, 1.82) is 0 Å². The second-order valence-corrected chi connectivity index (χ2v) is 5.07. The van der Waals surface area contributed by atoms with Gasteiger partial charge in [0.05, 0.1) is 5.92 Å². The van der Waals surface area contributed by atoms with Gasteiger partial charge in [-0.3, -0.25) is 9.59 Å². The SMILES string of the molecule is Cc1ccc(Cl)cc1C(=O)NC1CC(C(=O)O)C1. The van der Waals surface area contributed by atoms with E-state index in [2.05, 4.69) is 5.32 Å². The molecule has 96 valence electrons. The number of carbonyl (C=O) groups excluding carboxylic acids is 1. The molecule has 0 heterocycles. The zero-order valence-corrected chi connectivity index (χ0v) is 10.7. The van der Waals surface area contributed by atoms with E-state index in [0.29, 0.717) is 23.4 Å². The Morgan fingerprint density at radius 2 is 2.06 bits per heavy atom. The van der Waals surface area contributed by atoms with Gasteiger partial charge in [0.1, 0.15) is 0 Å². The lowest BCUT2D eigenvalue weighted by molar-refractivity contribution is -0.145. The first-order chi connectivity index (χ1) is 8.47. The highest BCUT2D eigenvalue weighted by Gasteiger charge is 2.35. The number of benzene rings is 1. The van der Waals surface area contributed by atoms with Crippen LogP contribution in [0.2, 0.25) is 5.02 Å². The summed E-state index contributed by atoms with van der Waals surface area (Å²) in [4.78, 5) is 22.6. The fourth-order valence-electron chi connectivity index (χ4n) is 2.04. The van der Waals surface area contributed by atoms with Crippen LogP contribution in [0.25, 0.3) is 0 Å². The highest BCUT2D eigenvalue weighted by molar-refractivity contribution is 6.31. The number of carboxylic acids is 1. The van der Waals surface area contributed by atoms with E-state index in [4.69, 9.17) is 16.7 Å². The fourth-order valence-corrected chi connectivity index (χ4v) is 2.21. The number of hydrogen-bond acceptors (Lipinski definition) is 2. The molecular formula is C13H14ClNO3. The first-order valence-corrected chi connectivity index (χ1v) is 6.15. The van der Waals surface area contributed by atoms with Crippen molar-refractivity contribution in [3.63, 3.8) is 0 Å². The molecule has 1 fully saturated rings. The second kappa shape index (κ2) is 4.98. The van der Waals surface area contributed by atoms with Crippen LogP contribution in [0.15, 0.2) is 18.2 Å². The third kappa shape index (κ3) is 2.64. The molecule has 1 amide bonds. The number of aliphatic carboxylic acids is 1. The van der Waals surface area contributed by atoms with Gasteiger partial charge in [-0.1, -0.05) is 17.7 Å². The summed E-state index contributed by atoms with van der Waals surface area (Å²) in [5, 5.41) is 12.1. The Labute approximate surface area is 110 Å². The molecule has 0 atom stereocenters. The standard InChI is InChI=1S/C13H14ClNO3/c1-7-2-3-9(14)6-11(7)12(16)15-10-4-8(5-10)13(17)18/h2-3,6,8,10H,4-5H2,1H3,(H,15,16)(H,17,18). The summed E-state index contributed by atoms with van der Waals surface area (Å²) in [5.74, 6) is -1.31. The molecule has 1 aromatic carbocycles. The Balaban J connectivity index is 1.97. The van der Waals surface area contributed by atoms with Crippen molar-refractivity contribution in [2.24, 2.45) is 5.92 Å². The van der Waals surface area contributed by atoms with Crippen molar-refractivity contribution in [2.75, 3.05) is 0 Å². The lowest BCUT2D eigenvalue weighted by Crippen LogP contribution is -2.46. The number of hydrogen-bond donors (Lipinski definition) is 2. The van der Waals surface area contributed by atoms with E-state index in [0.717, 1.165) is 5.56 Å². The molecule has 1 saturated carbocycles. The van der Waals surface area contributed by atoms with Crippen LogP contribution in [-0.2, 0) is 4.79 Å². The predicted octanol–water partition coefficient (Wildman–Crippen LogP) is 2.24. The monoisotopic (exact) mass is 267 g/mol. The van der Waals surface area contributed by atoms with Gasteiger partial charge in [0, 0.05) is 16.6 Å². The minimum Gasteiger partial charge on any atom is -0.481 e. The molecule has 1 aliphatic rings. The van der Waals surface area contributed by atoms with Gasteiger partial charge in [-0.2, -0.15) is 0 Å². The van der Waals surface area contributed by atoms with E-state index in [1.54, 1.807) is 18.2 Å². The molecule has 1 aromatic rings. The lowest BCUT2D eigenvalue weighted by atomic mass is 9.80. The number of halogens is 1. The molecule has 0 aromatic heterocycles. The van der Waals surface area contributed by atoms with Gasteiger partial charge < -0.3 is 10.4 Å². The maximum absolute atomic E-state index is 12.0. The Morgan fingerprint density at radius 1 is 1.39 bits per heavy atom. The Morgan fingerprint density at radius 3 is 2.67 bits per heavy atom. The number of carboxylic acid groups (broad SMARTS) is 1. The van der Waals surface area contributed by atoms with Crippen LogP contribution < -0.4 is 5.32 Å². The first-order valence-electron chi connectivity index (χ1n) is 5.77. The van der Waals surface area contributed by atoms with Crippen LogP contribution in [0.1, 0.15) is 28.8 Å². The number of carbonyl (C=O) groups is 2. The normalized spacial score (nSPS) is 22.1. The minimum absolute atomic E-state index is 0.0445. The number of rotatable bonds is 3. The molecular weight excluding hydrogens is 254 g/mol. The number of amides is 1. The van der Waals surface area contributed by atoms with E-state index in [9.17, 15) is 9.59 Å². The van der Waals surface area contributed by atoms with Crippen molar-refractivity contribution in [1.82, 2.24) is 5.32 Å². The molecule has 0 aliphatic heterocycles. The molecule has 0 spiro atoms. The van der Waals surface area contributed by atoms with Crippen molar-refractivity contribution >= 4 is 23.5 Å². The van der Waals surface area contributed by atoms with Crippen molar-refractivity contribution in [2.45, 2.75) is 25.8 Å². The smallest absolute Gasteiger partial charge is 0.306 e. The molecule has 0 saturated heterocycles. The second-order valence-electron chi connectivity index (χ2n) is 4.64. The van der Waals surface area contributed by atoms with Crippen LogP contribution in [-0.4, -0.2) is 23.0 Å². The van der Waals surface area contributed by atoms with Gasteiger partial charge in [0.25, 0.3) is 5.91 Å². The number of nitrogens with one attached hydrogen (secondary N) is 1. The zero-order chi connectivity index (χ0) is 13.3. The number of aryl methyl sites for hydroxylation is 1. The Kier molecular flexibility index (Phi) is 3.57. The molecule has 2 rings (SSSR count). The van der Waals surface area contributed by atoms with Gasteiger partial charge in [0.2, 0.25) is 0 Å². The summed E-state index contributed by atoms with van der Waals surface area (Å²) in [5.41, 5.74) is 1.40. The quantitative estimate of drug-likeness (QED) is 0.883. The largest absolute Gasteiger partial charge is 0.481 e. The third-order valence-corrected chi connectivity index (χ3v) is 3.50. The summed E-state index contributed by atoms with van der Waals surface area (Å²) in [6.07, 6.45) is 1.00. The summed E-state index contributed by atoms with van der Waals surface area (Å²) in [6.45, 7) is 1.84. The van der Waals surface area contributed by atoms with Gasteiger partial charge in [-0.05, 0) is 37.5 Å². The molecule has 0 unspecified atom stereocenters. The minimum atomic E-state index is -0.792. The summed E-state index contributed by atoms with van der Waals surface area (Å²) in [7, 11) is 0. The maximum Gasteiger partial charge on any atom is 0.306 e. The molecule has 2 N–H and O–H groups in total. The molecule has 1 aliphatic carbocycles. The van der Waals surface area contributed by atoms with Crippen molar-refractivity contribution in [3.8, 4) is 0 Å². The van der Waals surface area contributed by atoms with Crippen LogP contribution in [0, 0.1) is 12.8 Å². The first kappa shape index (κ1) is 12.9. The van der Waals surface area contributed by atoms with E-state index < -0.39 is 5.97 Å². The van der Waals surface area contributed by atoms with Gasteiger partial charge in [0.15, 0.2) is 0 Å². The molecule has 0 bridgehead atoms. The zero-order valence-electron chi connectivity index (χ0n) is 9.94. The Bertz CT molecular complexity index is 495. The van der Waals surface area contributed by atoms with Crippen LogP contribution in [0.5, 0.6) is 0 Å². The van der Waals surface area contributed by atoms with Crippen molar-refractivity contribution in [3.05, 3.63) is 34.3 Å². The highest BCUT2D eigenvalue weighted by atomic mass is 35.5. The van der Waals surface area contributed by atoms with Gasteiger partial charge in [-0.15, -0.1) is 0 Å². The van der Waals surface area contributed by atoms with Gasteiger partial charge in [-0.25, -0.2) is 0 Å².